The first-order valence-electron chi connectivity index (χ1n) is 6.05. The van der Waals surface area contributed by atoms with Crippen molar-refractivity contribution in [3.63, 3.8) is 0 Å². The fraction of sp³-hybridized carbons (Fsp3) is 0.143. The van der Waals surface area contributed by atoms with E-state index >= 15 is 0 Å². The summed E-state index contributed by atoms with van der Waals surface area (Å²) in [5, 5.41) is 0. The Kier molecular flexibility index (Phi) is 3.87. The second-order valence-corrected chi connectivity index (χ2v) is 6.36. The normalized spacial score (nSPS) is 11.4. The molecular weight excluding hydrogens is 298 g/mol. The standard InChI is InChI=1S/C14H14F2N2O2S/c1-8-5-13(17)14(6-9(8)2)21(19,20)18-10-3-4-11(15)12(16)7-10/h3-7,18H,17H2,1-2H3. The SMILES string of the molecule is Cc1cc(N)c(S(=O)(=O)Nc2ccc(F)c(F)c2)cc1C. The van der Waals surface area contributed by atoms with Crippen molar-refractivity contribution in [2.75, 3.05) is 10.5 Å². The summed E-state index contributed by atoms with van der Waals surface area (Å²) in [6, 6.07) is 5.73. The van der Waals surface area contributed by atoms with Gasteiger partial charge in [-0.15, -0.1) is 0 Å². The minimum Gasteiger partial charge on any atom is -0.398 e. The molecule has 112 valence electrons. The fourth-order valence-electron chi connectivity index (χ4n) is 1.81. The van der Waals surface area contributed by atoms with E-state index < -0.39 is 21.7 Å². The van der Waals surface area contributed by atoms with Gasteiger partial charge in [-0.05, 0) is 49.2 Å². The van der Waals surface area contributed by atoms with Crippen LogP contribution in [0.1, 0.15) is 11.1 Å². The second-order valence-electron chi connectivity index (χ2n) is 4.71. The maximum atomic E-state index is 13.1. The summed E-state index contributed by atoms with van der Waals surface area (Å²) in [5.74, 6) is -2.19. The molecule has 0 unspecified atom stereocenters. The summed E-state index contributed by atoms with van der Waals surface area (Å²) in [6.07, 6.45) is 0. The Morgan fingerprint density at radius 3 is 2.24 bits per heavy atom. The van der Waals surface area contributed by atoms with Crippen molar-refractivity contribution in [2.24, 2.45) is 0 Å². The lowest BCUT2D eigenvalue weighted by Crippen LogP contribution is -2.15. The molecule has 0 aromatic heterocycles. The van der Waals surface area contributed by atoms with Gasteiger partial charge in [-0.1, -0.05) is 0 Å². The molecule has 2 rings (SSSR count). The molecule has 0 aliphatic heterocycles. The van der Waals surface area contributed by atoms with Crippen molar-refractivity contribution in [1.82, 2.24) is 0 Å². The second kappa shape index (κ2) is 5.33. The fourth-order valence-corrected chi connectivity index (χ4v) is 3.06. The van der Waals surface area contributed by atoms with Crippen LogP contribution in [0.15, 0.2) is 35.2 Å². The van der Waals surface area contributed by atoms with Crippen LogP contribution in [0.2, 0.25) is 0 Å². The molecule has 0 aliphatic carbocycles. The molecule has 0 radical (unpaired) electrons. The molecule has 2 aromatic carbocycles. The van der Waals surface area contributed by atoms with Gasteiger partial charge in [0.05, 0.1) is 11.4 Å². The van der Waals surface area contributed by atoms with Crippen molar-refractivity contribution in [2.45, 2.75) is 18.7 Å². The van der Waals surface area contributed by atoms with Gasteiger partial charge >= 0.3 is 0 Å². The van der Waals surface area contributed by atoms with Crippen LogP contribution in [0.4, 0.5) is 20.2 Å². The number of nitrogen functional groups attached to an aromatic ring is 1. The quantitative estimate of drug-likeness (QED) is 0.856. The number of nitrogens with one attached hydrogen (secondary N) is 1. The zero-order valence-electron chi connectivity index (χ0n) is 11.4. The molecule has 21 heavy (non-hydrogen) atoms. The molecule has 0 aliphatic rings. The largest absolute Gasteiger partial charge is 0.398 e. The molecule has 7 heteroatoms. The average Bonchev–Trinajstić information content (AvgIpc) is 2.37. The smallest absolute Gasteiger partial charge is 0.263 e. The number of rotatable bonds is 3. The van der Waals surface area contributed by atoms with E-state index in [2.05, 4.69) is 4.72 Å². The van der Waals surface area contributed by atoms with Gasteiger partial charge < -0.3 is 5.73 Å². The Balaban J connectivity index is 2.43. The first-order valence-corrected chi connectivity index (χ1v) is 7.53. The van der Waals surface area contributed by atoms with Gasteiger partial charge in [0.1, 0.15) is 4.90 Å². The molecule has 0 atom stereocenters. The third-order valence-corrected chi connectivity index (χ3v) is 4.52. The van der Waals surface area contributed by atoms with E-state index in [4.69, 9.17) is 5.73 Å². The van der Waals surface area contributed by atoms with E-state index in [1.54, 1.807) is 13.0 Å². The Labute approximate surface area is 121 Å². The summed E-state index contributed by atoms with van der Waals surface area (Å²) < 4.78 is 52.7. The molecule has 0 fully saturated rings. The third-order valence-electron chi connectivity index (χ3n) is 3.09. The summed E-state index contributed by atoms with van der Waals surface area (Å²) in [4.78, 5) is -0.102. The first-order chi connectivity index (χ1) is 9.70. The van der Waals surface area contributed by atoms with Crippen LogP contribution in [-0.2, 0) is 10.0 Å². The minimum absolute atomic E-state index is 0.0773. The molecule has 0 heterocycles. The zero-order chi connectivity index (χ0) is 15.8. The Hall–Kier alpha value is -2.15. The number of anilines is 2. The van der Waals surface area contributed by atoms with Crippen LogP contribution in [0, 0.1) is 25.5 Å². The van der Waals surface area contributed by atoms with Crippen LogP contribution in [0.3, 0.4) is 0 Å². The number of halogens is 2. The van der Waals surface area contributed by atoms with Gasteiger partial charge in [-0.2, -0.15) is 0 Å². The van der Waals surface area contributed by atoms with E-state index in [9.17, 15) is 17.2 Å². The maximum Gasteiger partial charge on any atom is 0.263 e. The van der Waals surface area contributed by atoms with Gasteiger partial charge in [-0.3, -0.25) is 4.72 Å². The van der Waals surface area contributed by atoms with Gasteiger partial charge in [0, 0.05) is 6.07 Å². The summed E-state index contributed by atoms with van der Waals surface area (Å²) >= 11 is 0. The molecule has 0 spiro atoms. The predicted molar refractivity (Wildman–Crippen MR) is 77.5 cm³/mol. The van der Waals surface area contributed by atoms with E-state index in [-0.39, 0.29) is 16.3 Å². The summed E-state index contributed by atoms with van der Waals surface area (Å²) in [6.45, 7) is 3.57. The Morgan fingerprint density at radius 1 is 1.00 bits per heavy atom. The topological polar surface area (TPSA) is 72.2 Å². The molecule has 0 saturated heterocycles. The van der Waals surface area contributed by atoms with Crippen molar-refractivity contribution < 1.29 is 17.2 Å². The molecule has 0 amide bonds. The number of benzene rings is 2. The molecule has 0 saturated carbocycles. The Morgan fingerprint density at radius 2 is 1.62 bits per heavy atom. The summed E-state index contributed by atoms with van der Waals surface area (Å²) in [7, 11) is -3.98. The molecular formula is C14H14F2N2O2S. The minimum atomic E-state index is -3.98. The molecule has 3 N–H and O–H groups in total. The van der Waals surface area contributed by atoms with Crippen molar-refractivity contribution in [3.8, 4) is 0 Å². The number of sulfonamides is 1. The van der Waals surface area contributed by atoms with E-state index in [1.165, 1.54) is 6.07 Å². The van der Waals surface area contributed by atoms with Crippen LogP contribution in [0.25, 0.3) is 0 Å². The van der Waals surface area contributed by atoms with Gasteiger partial charge in [0.25, 0.3) is 10.0 Å². The number of hydrogen-bond donors (Lipinski definition) is 2. The number of aryl methyl sites for hydroxylation is 2. The van der Waals surface area contributed by atoms with E-state index in [1.807, 2.05) is 6.92 Å². The maximum absolute atomic E-state index is 13.1. The molecule has 2 aromatic rings. The van der Waals surface area contributed by atoms with Crippen LogP contribution in [0.5, 0.6) is 0 Å². The highest BCUT2D eigenvalue weighted by Gasteiger charge is 2.19. The van der Waals surface area contributed by atoms with E-state index in [0.29, 0.717) is 0 Å². The predicted octanol–water partition coefficient (Wildman–Crippen LogP) is 2.96. The van der Waals surface area contributed by atoms with Gasteiger partial charge in [-0.25, -0.2) is 17.2 Å². The number of nitrogens with two attached hydrogens (primary N) is 1. The summed E-state index contributed by atoms with van der Waals surface area (Å²) in [5.41, 5.74) is 7.36. The highest BCUT2D eigenvalue weighted by Crippen LogP contribution is 2.25. The highest BCUT2D eigenvalue weighted by molar-refractivity contribution is 7.92. The van der Waals surface area contributed by atoms with E-state index in [0.717, 1.165) is 29.3 Å². The lowest BCUT2D eigenvalue weighted by Gasteiger charge is -2.12. The van der Waals surface area contributed by atoms with Crippen molar-refractivity contribution in [1.29, 1.82) is 0 Å². The lowest BCUT2D eigenvalue weighted by atomic mass is 10.1. The molecule has 0 bridgehead atoms. The van der Waals surface area contributed by atoms with Gasteiger partial charge in [0.2, 0.25) is 0 Å². The monoisotopic (exact) mass is 312 g/mol. The first kappa shape index (κ1) is 15.2. The van der Waals surface area contributed by atoms with Crippen LogP contribution >= 0.6 is 0 Å². The lowest BCUT2D eigenvalue weighted by molar-refractivity contribution is 0.509. The highest BCUT2D eigenvalue weighted by atomic mass is 32.2. The average molecular weight is 312 g/mol. The number of hydrogen-bond acceptors (Lipinski definition) is 3. The van der Waals surface area contributed by atoms with Crippen LogP contribution < -0.4 is 10.5 Å². The Bertz CT molecular complexity index is 805. The van der Waals surface area contributed by atoms with Gasteiger partial charge in [0.15, 0.2) is 11.6 Å². The third kappa shape index (κ3) is 3.13. The van der Waals surface area contributed by atoms with Crippen LogP contribution in [-0.4, -0.2) is 8.42 Å². The van der Waals surface area contributed by atoms with Crippen molar-refractivity contribution >= 4 is 21.4 Å². The molecule has 4 nitrogen and oxygen atoms in total. The van der Waals surface area contributed by atoms with Crippen molar-refractivity contribution in [3.05, 3.63) is 53.1 Å². The zero-order valence-corrected chi connectivity index (χ0v) is 12.3.